The molecule has 0 amide bonds. The van der Waals surface area contributed by atoms with Gasteiger partial charge in [-0.15, -0.1) is 0 Å². The molecule has 0 aromatic rings. The first-order valence-electron chi connectivity index (χ1n) is 4.02. The molecule has 5 heteroatoms. The van der Waals surface area contributed by atoms with E-state index in [1.165, 1.54) is 0 Å². The molecule has 5 nitrogen and oxygen atoms in total. The minimum Gasteiger partial charge on any atom is -0.395 e. The molecule has 4 atom stereocenters. The Morgan fingerprint density at radius 1 is 1.42 bits per heavy atom. The van der Waals surface area contributed by atoms with Gasteiger partial charge in [-0.2, -0.15) is 5.06 Å². The Hall–Kier alpha value is -0.200. The van der Waals surface area contributed by atoms with Crippen LogP contribution in [0.3, 0.4) is 0 Å². The van der Waals surface area contributed by atoms with Gasteiger partial charge >= 0.3 is 0 Å². The second-order valence-corrected chi connectivity index (χ2v) is 3.25. The van der Waals surface area contributed by atoms with E-state index in [0.29, 0.717) is 0 Å². The quantitative estimate of drug-likeness (QED) is 0.394. The number of aliphatic hydroxyl groups is 3. The van der Waals surface area contributed by atoms with Gasteiger partial charge in [-0.3, -0.25) is 0 Å². The van der Waals surface area contributed by atoms with Crippen LogP contribution >= 0.6 is 0 Å². The number of hydroxylamine groups is 2. The Morgan fingerprint density at radius 3 is 2.50 bits per heavy atom. The van der Waals surface area contributed by atoms with Crippen LogP contribution in [0.1, 0.15) is 13.3 Å². The Balaban J connectivity index is 2.63. The zero-order valence-corrected chi connectivity index (χ0v) is 6.96. The first kappa shape index (κ1) is 9.88. The van der Waals surface area contributed by atoms with Crippen LogP contribution in [-0.2, 0) is 0 Å². The second kappa shape index (κ2) is 3.68. The summed E-state index contributed by atoms with van der Waals surface area (Å²) < 4.78 is 0. The molecule has 0 aliphatic carbocycles. The Kier molecular flexibility index (Phi) is 3.03. The summed E-state index contributed by atoms with van der Waals surface area (Å²) in [4.78, 5) is 0. The fourth-order valence-electron chi connectivity index (χ4n) is 1.49. The first-order valence-corrected chi connectivity index (χ1v) is 4.02. The highest BCUT2D eigenvalue weighted by molar-refractivity contribution is 4.88. The summed E-state index contributed by atoms with van der Waals surface area (Å²) in [7, 11) is 0. The van der Waals surface area contributed by atoms with Crippen molar-refractivity contribution in [1.29, 1.82) is 0 Å². The van der Waals surface area contributed by atoms with Crippen molar-refractivity contribution in [3.63, 3.8) is 0 Å². The Morgan fingerprint density at radius 2 is 2.00 bits per heavy atom. The van der Waals surface area contributed by atoms with Crippen LogP contribution in [0.15, 0.2) is 0 Å². The lowest BCUT2D eigenvalue weighted by Crippen LogP contribution is -2.57. The summed E-state index contributed by atoms with van der Waals surface area (Å²) in [6, 6.07) is -1.01. The van der Waals surface area contributed by atoms with E-state index in [1.807, 2.05) is 0 Å². The summed E-state index contributed by atoms with van der Waals surface area (Å²) >= 11 is 0. The number of piperidine rings is 1. The van der Waals surface area contributed by atoms with Crippen molar-refractivity contribution in [3.8, 4) is 0 Å². The molecular weight excluding hydrogens is 162 g/mol. The standard InChI is InChI=1S/C7H15NO4/c1-4-7(11)6(10)2-5(3-9)8(4)12/h4-7,9-12H,2-3H2,1H3. The molecule has 4 unspecified atom stereocenters. The smallest absolute Gasteiger partial charge is 0.0975 e. The van der Waals surface area contributed by atoms with Gasteiger partial charge in [0.1, 0.15) is 0 Å². The summed E-state index contributed by atoms with van der Waals surface area (Å²) in [5.41, 5.74) is 0. The van der Waals surface area contributed by atoms with Crippen LogP contribution in [-0.4, -0.2) is 56.5 Å². The predicted molar refractivity (Wildman–Crippen MR) is 40.6 cm³/mol. The van der Waals surface area contributed by atoms with Crippen molar-refractivity contribution < 1.29 is 20.5 Å². The molecule has 1 aliphatic rings. The zero-order chi connectivity index (χ0) is 9.30. The summed E-state index contributed by atoms with van der Waals surface area (Å²) in [6.45, 7) is 1.38. The van der Waals surface area contributed by atoms with E-state index in [1.54, 1.807) is 6.92 Å². The lowest BCUT2D eigenvalue weighted by atomic mass is 9.94. The molecule has 0 aromatic heterocycles. The first-order chi connectivity index (χ1) is 5.57. The molecule has 1 rings (SSSR count). The van der Waals surface area contributed by atoms with E-state index in [4.69, 9.17) is 5.11 Å². The minimum absolute atomic E-state index is 0.193. The maximum absolute atomic E-state index is 9.33. The van der Waals surface area contributed by atoms with E-state index in [9.17, 15) is 15.4 Å². The van der Waals surface area contributed by atoms with Gasteiger partial charge < -0.3 is 20.5 Å². The fraction of sp³-hybridized carbons (Fsp3) is 1.00. The SMILES string of the molecule is CC1C(O)C(O)CC(CO)N1O. The lowest BCUT2D eigenvalue weighted by molar-refractivity contribution is -0.231. The predicted octanol–water partition coefficient (Wildman–Crippen LogP) is -1.45. The van der Waals surface area contributed by atoms with E-state index in [2.05, 4.69) is 0 Å². The summed E-state index contributed by atoms with van der Waals surface area (Å²) in [5, 5.41) is 37.6. The van der Waals surface area contributed by atoms with E-state index in [0.717, 1.165) is 5.06 Å². The number of rotatable bonds is 1. The maximum atomic E-state index is 9.33. The second-order valence-electron chi connectivity index (χ2n) is 3.25. The monoisotopic (exact) mass is 177 g/mol. The molecule has 0 aromatic carbocycles. The van der Waals surface area contributed by atoms with Crippen LogP contribution in [0.25, 0.3) is 0 Å². The van der Waals surface area contributed by atoms with Gasteiger partial charge in [-0.05, 0) is 13.3 Å². The van der Waals surface area contributed by atoms with Crippen molar-refractivity contribution in [2.24, 2.45) is 0 Å². The summed E-state index contributed by atoms with van der Waals surface area (Å²) in [5.74, 6) is 0. The average Bonchev–Trinajstić information content (AvgIpc) is 2.08. The summed E-state index contributed by atoms with van der Waals surface area (Å²) in [6.07, 6.45) is -1.61. The average molecular weight is 177 g/mol. The van der Waals surface area contributed by atoms with E-state index in [-0.39, 0.29) is 13.0 Å². The molecular formula is C7H15NO4. The molecule has 12 heavy (non-hydrogen) atoms. The highest BCUT2D eigenvalue weighted by Gasteiger charge is 2.38. The number of nitrogens with zero attached hydrogens (tertiary/aromatic N) is 1. The number of hydrogen-bond donors (Lipinski definition) is 4. The van der Waals surface area contributed by atoms with Crippen LogP contribution < -0.4 is 0 Å². The van der Waals surface area contributed by atoms with E-state index < -0.39 is 24.3 Å². The minimum atomic E-state index is -0.946. The Bertz CT molecular complexity index is 150. The highest BCUT2D eigenvalue weighted by atomic mass is 16.5. The van der Waals surface area contributed by atoms with Gasteiger partial charge in [-0.1, -0.05) is 0 Å². The Labute approximate surface area is 70.8 Å². The van der Waals surface area contributed by atoms with Crippen LogP contribution in [0.4, 0.5) is 0 Å². The highest BCUT2D eigenvalue weighted by Crippen LogP contribution is 2.21. The number of hydrogen-bond acceptors (Lipinski definition) is 5. The third-order valence-corrected chi connectivity index (χ3v) is 2.40. The topological polar surface area (TPSA) is 84.2 Å². The van der Waals surface area contributed by atoms with Crippen LogP contribution in [0, 0.1) is 0 Å². The van der Waals surface area contributed by atoms with Gasteiger partial charge in [0.05, 0.1) is 30.9 Å². The number of aliphatic hydroxyl groups excluding tert-OH is 3. The third kappa shape index (κ3) is 1.60. The molecule has 1 aliphatic heterocycles. The third-order valence-electron chi connectivity index (χ3n) is 2.40. The largest absolute Gasteiger partial charge is 0.395 e. The van der Waals surface area contributed by atoms with Gasteiger partial charge in [0.25, 0.3) is 0 Å². The molecule has 72 valence electrons. The lowest BCUT2D eigenvalue weighted by Gasteiger charge is -2.40. The van der Waals surface area contributed by atoms with Gasteiger partial charge in [0, 0.05) is 0 Å². The van der Waals surface area contributed by atoms with Crippen molar-refractivity contribution in [2.45, 2.75) is 37.6 Å². The molecule has 0 radical (unpaired) electrons. The van der Waals surface area contributed by atoms with Crippen LogP contribution in [0.5, 0.6) is 0 Å². The van der Waals surface area contributed by atoms with E-state index >= 15 is 0 Å². The van der Waals surface area contributed by atoms with Crippen molar-refractivity contribution in [3.05, 3.63) is 0 Å². The molecule has 0 spiro atoms. The molecule has 1 fully saturated rings. The van der Waals surface area contributed by atoms with Gasteiger partial charge in [0.15, 0.2) is 0 Å². The molecule has 1 saturated heterocycles. The van der Waals surface area contributed by atoms with Crippen molar-refractivity contribution in [1.82, 2.24) is 5.06 Å². The molecule has 1 heterocycles. The van der Waals surface area contributed by atoms with Crippen LogP contribution in [0.2, 0.25) is 0 Å². The normalized spacial score (nSPS) is 44.8. The van der Waals surface area contributed by atoms with Gasteiger partial charge in [0.2, 0.25) is 0 Å². The fourth-order valence-corrected chi connectivity index (χ4v) is 1.49. The molecule has 4 N–H and O–H groups in total. The van der Waals surface area contributed by atoms with Crippen molar-refractivity contribution in [2.75, 3.05) is 6.61 Å². The van der Waals surface area contributed by atoms with Crippen molar-refractivity contribution >= 4 is 0 Å². The molecule has 0 bridgehead atoms. The zero-order valence-electron chi connectivity index (χ0n) is 6.96. The van der Waals surface area contributed by atoms with Gasteiger partial charge in [-0.25, -0.2) is 0 Å². The maximum Gasteiger partial charge on any atom is 0.0975 e. The molecule has 0 saturated carbocycles.